The molecule has 1 amide bonds. The first-order chi connectivity index (χ1) is 38.0. The lowest BCUT2D eigenvalue weighted by molar-refractivity contribution is -0.143. The Morgan fingerprint density at radius 2 is 0.649 bits per heavy atom. The fourth-order valence-corrected chi connectivity index (χ4v) is 10.3. The topological polar surface area (TPSA) is 95.9 Å². The Balaban J connectivity index is 3.40. The molecule has 0 fully saturated rings. The van der Waals surface area contributed by atoms with Crippen molar-refractivity contribution in [3.05, 3.63) is 60.8 Å². The van der Waals surface area contributed by atoms with Gasteiger partial charge in [-0.1, -0.05) is 306 Å². The van der Waals surface area contributed by atoms with Gasteiger partial charge >= 0.3 is 5.97 Å². The Morgan fingerprint density at radius 1 is 0.364 bits per heavy atom. The molecule has 2 unspecified atom stereocenters. The molecule has 77 heavy (non-hydrogen) atoms. The molecule has 0 saturated carbocycles. The van der Waals surface area contributed by atoms with Crippen LogP contribution in [0.1, 0.15) is 354 Å². The maximum atomic E-state index is 12.4. The Morgan fingerprint density at radius 3 is 1.01 bits per heavy atom. The number of carbonyl (C=O) groups is 2. The number of carbonyl (C=O) groups excluding carboxylic acids is 2. The molecule has 0 aromatic carbocycles. The van der Waals surface area contributed by atoms with E-state index in [9.17, 15) is 19.8 Å². The molecule has 2 atom stereocenters. The maximum absolute atomic E-state index is 12.4. The van der Waals surface area contributed by atoms with Crippen LogP contribution >= 0.6 is 0 Å². The molecule has 0 aromatic rings. The minimum absolute atomic E-state index is 0.00759. The number of unbranched alkanes of at least 4 members (excludes halogenated alkanes) is 44. The van der Waals surface area contributed by atoms with Gasteiger partial charge in [-0.25, -0.2) is 0 Å². The summed E-state index contributed by atoms with van der Waals surface area (Å²) in [6.45, 7) is 4.88. The summed E-state index contributed by atoms with van der Waals surface area (Å²) in [6, 6.07) is -0.629. The second-order valence-electron chi connectivity index (χ2n) is 23.1. The maximum Gasteiger partial charge on any atom is 0.305 e. The number of hydrogen-bond donors (Lipinski definition) is 3. The molecule has 6 heteroatoms. The molecule has 0 aliphatic rings. The van der Waals surface area contributed by atoms with E-state index in [2.05, 4.69) is 67.8 Å². The van der Waals surface area contributed by atoms with E-state index in [1.54, 1.807) is 6.08 Å². The summed E-state index contributed by atoms with van der Waals surface area (Å²) < 4.78 is 5.50. The van der Waals surface area contributed by atoms with Crippen molar-refractivity contribution in [2.75, 3.05) is 13.2 Å². The molecule has 0 bridgehead atoms. The SMILES string of the molecule is CCCCC/C=C\C/C=C\CCCCCCCCCCCC(=O)OCCCCCCCCCCC/C=C\C/C=C\CCCCCCCCCCCCCCCC(=O)NC(CO)C(O)/C=C/CCCCCCCCCCCC. The third-order valence-electron chi connectivity index (χ3n) is 15.5. The minimum atomic E-state index is -0.845. The Bertz CT molecular complexity index is 1340. The number of aliphatic hydroxyl groups is 2. The van der Waals surface area contributed by atoms with Crippen molar-refractivity contribution in [2.24, 2.45) is 0 Å². The van der Waals surface area contributed by atoms with E-state index in [1.165, 1.54) is 270 Å². The number of esters is 1. The molecule has 6 nitrogen and oxygen atoms in total. The summed E-state index contributed by atoms with van der Waals surface area (Å²) in [7, 11) is 0. The van der Waals surface area contributed by atoms with E-state index in [1.807, 2.05) is 6.08 Å². The molecule has 450 valence electrons. The molecule has 0 heterocycles. The van der Waals surface area contributed by atoms with Crippen LogP contribution in [0.2, 0.25) is 0 Å². The van der Waals surface area contributed by atoms with Gasteiger partial charge in [0.05, 0.1) is 25.4 Å². The summed E-state index contributed by atoms with van der Waals surface area (Å²) in [5, 5.41) is 23.1. The van der Waals surface area contributed by atoms with Gasteiger partial charge in [0.25, 0.3) is 0 Å². The zero-order chi connectivity index (χ0) is 55.7. The number of rotatable bonds is 63. The highest BCUT2D eigenvalue weighted by Crippen LogP contribution is 2.17. The fraction of sp³-hybridized carbons (Fsp3) is 0.831. The van der Waals surface area contributed by atoms with Gasteiger partial charge in [-0.15, -0.1) is 0 Å². The summed E-state index contributed by atoms with van der Waals surface area (Å²) in [5.74, 6) is -0.0619. The van der Waals surface area contributed by atoms with E-state index in [0.717, 1.165) is 57.8 Å². The zero-order valence-corrected chi connectivity index (χ0v) is 51.4. The quantitative estimate of drug-likeness (QED) is 0.0320. The van der Waals surface area contributed by atoms with Crippen molar-refractivity contribution in [1.29, 1.82) is 0 Å². The molecule has 0 aliphatic heterocycles. The van der Waals surface area contributed by atoms with Crippen LogP contribution in [0.15, 0.2) is 60.8 Å². The molecule has 0 saturated heterocycles. The number of nitrogens with one attached hydrogen (secondary N) is 1. The van der Waals surface area contributed by atoms with Crippen LogP contribution < -0.4 is 5.32 Å². The van der Waals surface area contributed by atoms with E-state index >= 15 is 0 Å². The lowest BCUT2D eigenvalue weighted by atomic mass is 10.0. The van der Waals surface area contributed by atoms with Gasteiger partial charge in [0.15, 0.2) is 0 Å². The van der Waals surface area contributed by atoms with Gasteiger partial charge in [-0.3, -0.25) is 9.59 Å². The second kappa shape index (κ2) is 66.1. The summed E-state index contributed by atoms with van der Waals surface area (Å²) in [5.41, 5.74) is 0. The standard InChI is InChI=1S/C71H131NO5/c1-3-5-7-9-11-13-15-17-18-19-31-35-38-41-45-49-53-57-61-65-71(76)77-66-62-58-54-50-46-42-39-36-33-30-28-26-24-22-20-21-23-25-27-29-32-34-37-40-44-48-52-56-60-64-70(75)72-68(67-73)69(74)63-59-55-51-47-43-16-14-12-10-8-6-4-2/h11,13,17-18,20,22,26,28,59,63,68-69,73-74H,3-10,12,14-16,19,21,23-25,27,29-58,60-62,64-67H2,1-2H3,(H,72,75)/b13-11-,18-17-,22-20-,28-26-,63-59+. The van der Waals surface area contributed by atoms with Gasteiger partial charge in [0.1, 0.15) is 0 Å². The van der Waals surface area contributed by atoms with Crippen molar-refractivity contribution in [2.45, 2.75) is 366 Å². The Hall–Kier alpha value is -2.44. The molecule has 0 spiro atoms. The first kappa shape index (κ1) is 74.6. The van der Waals surface area contributed by atoms with Crippen molar-refractivity contribution in [1.82, 2.24) is 5.32 Å². The van der Waals surface area contributed by atoms with Gasteiger partial charge in [0, 0.05) is 12.8 Å². The third kappa shape index (κ3) is 62.6. The van der Waals surface area contributed by atoms with E-state index in [4.69, 9.17) is 4.74 Å². The van der Waals surface area contributed by atoms with Crippen LogP contribution in [0.4, 0.5) is 0 Å². The van der Waals surface area contributed by atoms with Crippen LogP contribution in [0.25, 0.3) is 0 Å². The number of aliphatic hydroxyl groups excluding tert-OH is 2. The third-order valence-corrected chi connectivity index (χ3v) is 15.5. The molecule has 0 aliphatic carbocycles. The van der Waals surface area contributed by atoms with Crippen molar-refractivity contribution in [3.8, 4) is 0 Å². The van der Waals surface area contributed by atoms with E-state index in [0.29, 0.717) is 19.4 Å². The Labute approximate surface area is 479 Å². The molecule has 0 radical (unpaired) electrons. The minimum Gasteiger partial charge on any atom is -0.466 e. The van der Waals surface area contributed by atoms with Crippen LogP contribution in [-0.4, -0.2) is 47.4 Å². The van der Waals surface area contributed by atoms with E-state index in [-0.39, 0.29) is 18.5 Å². The van der Waals surface area contributed by atoms with Crippen LogP contribution in [-0.2, 0) is 14.3 Å². The van der Waals surface area contributed by atoms with Crippen molar-refractivity contribution in [3.63, 3.8) is 0 Å². The normalized spacial score (nSPS) is 12.9. The van der Waals surface area contributed by atoms with Crippen molar-refractivity contribution < 1.29 is 24.5 Å². The number of allylic oxidation sites excluding steroid dienone is 9. The summed E-state index contributed by atoms with van der Waals surface area (Å²) in [4.78, 5) is 24.6. The van der Waals surface area contributed by atoms with Gasteiger partial charge in [-0.05, 0) is 96.3 Å². The monoisotopic (exact) mass is 1080 g/mol. The van der Waals surface area contributed by atoms with Crippen molar-refractivity contribution >= 4 is 11.9 Å². The average molecular weight is 1080 g/mol. The smallest absolute Gasteiger partial charge is 0.305 e. The zero-order valence-electron chi connectivity index (χ0n) is 51.4. The van der Waals surface area contributed by atoms with Gasteiger partial charge < -0.3 is 20.3 Å². The Kier molecular flexibility index (Phi) is 64.0. The van der Waals surface area contributed by atoms with Crippen LogP contribution in [0.3, 0.4) is 0 Å². The first-order valence-corrected chi connectivity index (χ1v) is 34.1. The van der Waals surface area contributed by atoms with E-state index < -0.39 is 12.1 Å². The lowest BCUT2D eigenvalue weighted by Gasteiger charge is -2.20. The number of ether oxygens (including phenoxy) is 1. The number of amides is 1. The largest absolute Gasteiger partial charge is 0.466 e. The highest BCUT2D eigenvalue weighted by molar-refractivity contribution is 5.76. The lowest BCUT2D eigenvalue weighted by Crippen LogP contribution is -2.45. The molecule has 0 rings (SSSR count). The van der Waals surface area contributed by atoms with Gasteiger partial charge in [0.2, 0.25) is 5.91 Å². The number of hydrogen-bond acceptors (Lipinski definition) is 5. The predicted molar refractivity (Wildman–Crippen MR) is 338 cm³/mol. The van der Waals surface area contributed by atoms with Crippen LogP contribution in [0, 0.1) is 0 Å². The highest BCUT2D eigenvalue weighted by Gasteiger charge is 2.18. The summed E-state index contributed by atoms with van der Waals surface area (Å²) >= 11 is 0. The summed E-state index contributed by atoms with van der Waals surface area (Å²) in [6.07, 6.45) is 87.2. The highest BCUT2D eigenvalue weighted by atomic mass is 16.5. The second-order valence-corrected chi connectivity index (χ2v) is 23.1. The van der Waals surface area contributed by atoms with Crippen LogP contribution in [0.5, 0.6) is 0 Å². The fourth-order valence-electron chi connectivity index (χ4n) is 10.3. The van der Waals surface area contributed by atoms with Gasteiger partial charge in [-0.2, -0.15) is 0 Å². The molecule has 0 aromatic heterocycles. The predicted octanol–water partition coefficient (Wildman–Crippen LogP) is 21.9. The average Bonchev–Trinajstić information content (AvgIpc) is 3.43. The molecular weight excluding hydrogens is 947 g/mol. The first-order valence-electron chi connectivity index (χ1n) is 34.1. The molecule has 3 N–H and O–H groups in total. The molecular formula is C71H131NO5.